The highest BCUT2D eigenvalue weighted by molar-refractivity contribution is 5.26. The molecule has 0 radical (unpaired) electrons. The summed E-state index contributed by atoms with van der Waals surface area (Å²) in [5.41, 5.74) is 2.31. The van der Waals surface area contributed by atoms with Gasteiger partial charge in [0, 0.05) is 24.3 Å². The molecular weight excluding hydrogens is 226 g/mol. The molecule has 4 nitrogen and oxygen atoms in total. The van der Waals surface area contributed by atoms with Gasteiger partial charge < -0.3 is 10.4 Å². The molecule has 0 aliphatic rings. The van der Waals surface area contributed by atoms with Gasteiger partial charge >= 0.3 is 0 Å². The molecule has 1 aromatic carbocycles. The zero-order chi connectivity index (χ0) is 13.0. The maximum absolute atomic E-state index is 9.22. The van der Waals surface area contributed by atoms with Crippen molar-refractivity contribution in [3.05, 3.63) is 47.8 Å². The Morgan fingerprint density at radius 2 is 1.94 bits per heavy atom. The van der Waals surface area contributed by atoms with Gasteiger partial charge in [0.05, 0.1) is 12.7 Å². The summed E-state index contributed by atoms with van der Waals surface area (Å²) in [5, 5.41) is 16.9. The minimum Gasteiger partial charge on any atom is -0.508 e. The van der Waals surface area contributed by atoms with Gasteiger partial charge in [0.1, 0.15) is 5.75 Å². The monoisotopic (exact) mass is 245 g/mol. The van der Waals surface area contributed by atoms with E-state index >= 15 is 0 Å². The molecule has 0 fully saturated rings. The molecule has 0 amide bonds. The largest absolute Gasteiger partial charge is 0.508 e. The van der Waals surface area contributed by atoms with Crippen LogP contribution >= 0.6 is 0 Å². The molecule has 0 atom stereocenters. The van der Waals surface area contributed by atoms with Crippen LogP contribution in [0, 0.1) is 0 Å². The number of aromatic nitrogens is 2. The predicted octanol–water partition coefficient (Wildman–Crippen LogP) is 2.13. The lowest BCUT2D eigenvalue weighted by molar-refractivity contribution is 0.475. The second kappa shape index (κ2) is 5.69. The molecule has 2 N–H and O–H groups in total. The van der Waals surface area contributed by atoms with E-state index in [0.717, 1.165) is 18.7 Å². The zero-order valence-corrected chi connectivity index (χ0v) is 10.8. The topological polar surface area (TPSA) is 50.1 Å². The van der Waals surface area contributed by atoms with Crippen LogP contribution in [0.1, 0.15) is 25.0 Å². The number of nitrogens with one attached hydrogen (secondary N) is 1. The number of hydrogen-bond acceptors (Lipinski definition) is 3. The van der Waals surface area contributed by atoms with E-state index < -0.39 is 0 Å². The Labute approximate surface area is 107 Å². The molecule has 0 aliphatic heterocycles. The summed E-state index contributed by atoms with van der Waals surface area (Å²) in [6.45, 7) is 5.82. The van der Waals surface area contributed by atoms with Crippen LogP contribution in [-0.4, -0.2) is 20.9 Å². The smallest absolute Gasteiger partial charge is 0.115 e. The van der Waals surface area contributed by atoms with E-state index in [9.17, 15) is 5.11 Å². The first-order chi connectivity index (χ1) is 8.63. The van der Waals surface area contributed by atoms with Crippen molar-refractivity contribution in [3.8, 4) is 5.75 Å². The maximum atomic E-state index is 9.22. The molecule has 0 aliphatic carbocycles. The van der Waals surface area contributed by atoms with Gasteiger partial charge in [0.2, 0.25) is 0 Å². The number of benzene rings is 1. The number of nitrogens with zero attached hydrogens (tertiary/aromatic N) is 2. The van der Waals surface area contributed by atoms with Crippen LogP contribution < -0.4 is 5.32 Å². The van der Waals surface area contributed by atoms with Gasteiger partial charge in [-0.25, -0.2) is 0 Å². The Morgan fingerprint density at radius 3 is 2.61 bits per heavy atom. The van der Waals surface area contributed by atoms with Crippen LogP contribution in [0.2, 0.25) is 0 Å². The first-order valence-electron chi connectivity index (χ1n) is 6.16. The molecule has 1 heterocycles. The van der Waals surface area contributed by atoms with Crippen LogP contribution in [0.3, 0.4) is 0 Å². The summed E-state index contributed by atoms with van der Waals surface area (Å²) in [6.07, 6.45) is 3.93. The fourth-order valence-corrected chi connectivity index (χ4v) is 1.69. The summed E-state index contributed by atoms with van der Waals surface area (Å²) in [6, 6.07) is 7.68. The molecule has 0 spiro atoms. The van der Waals surface area contributed by atoms with Gasteiger partial charge in [0.25, 0.3) is 0 Å². The second-order valence-electron chi connectivity index (χ2n) is 4.75. The molecule has 1 aromatic heterocycles. The van der Waals surface area contributed by atoms with Gasteiger partial charge in [0.15, 0.2) is 0 Å². The van der Waals surface area contributed by atoms with Crippen LogP contribution in [0.25, 0.3) is 0 Å². The van der Waals surface area contributed by atoms with E-state index in [1.807, 2.05) is 29.2 Å². The van der Waals surface area contributed by atoms with Crippen molar-refractivity contribution in [2.75, 3.05) is 0 Å². The maximum Gasteiger partial charge on any atom is 0.115 e. The van der Waals surface area contributed by atoms with Crippen molar-refractivity contribution in [1.29, 1.82) is 0 Å². The van der Waals surface area contributed by atoms with Gasteiger partial charge in [-0.15, -0.1) is 0 Å². The summed E-state index contributed by atoms with van der Waals surface area (Å²) >= 11 is 0. The molecule has 0 unspecified atom stereocenters. The SMILES string of the molecule is CC(C)NCc1cnn(Cc2ccc(O)cc2)c1. The second-order valence-corrected chi connectivity index (χ2v) is 4.75. The molecule has 2 aromatic rings. The fraction of sp³-hybridized carbons (Fsp3) is 0.357. The van der Waals surface area contributed by atoms with Crippen LogP contribution in [-0.2, 0) is 13.1 Å². The Hall–Kier alpha value is -1.81. The third-order valence-electron chi connectivity index (χ3n) is 2.68. The fourth-order valence-electron chi connectivity index (χ4n) is 1.69. The lowest BCUT2D eigenvalue weighted by Gasteiger charge is -2.05. The molecule has 96 valence electrons. The van der Waals surface area contributed by atoms with Crippen molar-refractivity contribution < 1.29 is 5.11 Å². The summed E-state index contributed by atoms with van der Waals surface area (Å²) in [5.74, 6) is 0.293. The Balaban J connectivity index is 1.95. The average Bonchev–Trinajstić information content (AvgIpc) is 2.77. The van der Waals surface area contributed by atoms with Crippen LogP contribution in [0.4, 0.5) is 0 Å². The number of hydrogen-bond donors (Lipinski definition) is 2. The number of aromatic hydroxyl groups is 1. The van der Waals surface area contributed by atoms with E-state index in [4.69, 9.17) is 0 Å². The molecule has 0 saturated carbocycles. The lowest BCUT2D eigenvalue weighted by Crippen LogP contribution is -2.21. The van der Waals surface area contributed by atoms with Crippen LogP contribution in [0.5, 0.6) is 5.75 Å². The van der Waals surface area contributed by atoms with Crippen molar-refractivity contribution in [2.45, 2.75) is 33.0 Å². The standard InChI is InChI=1S/C14H19N3O/c1-11(2)15-7-13-8-16-17(10-13)9-12-3-5-14(18)6-4-12/h3-6,8,10-11,15,18H,7,9H2,1-2H3. The first-order valence-corrected chi connectivity index (χ1v) is 6.16. The highest BCUT2D eigenvalue weighted by Crippen LogP contribution is 2.11. The minimum atomic E-state index is 0.293. The quantitative estimate of drug-likeness (QED) is 0.848. The minimum absolute atomic E-state index is 0.293. The Morgan fingerprint density at radius 1 is 1.22 bits per heavy atom. The summed E-state index contributed by atoms with van der Waals surface area (Å²) in [4.78, 5) is 0. The lowest BCUT2D eigenvalue weighted by atomic mass is 10.2. The van der Waals surface area contributed by atoms with E-state index in [2.05, 4.69) is 24.3 Å². The first kappa shape index (κ1) is 12.6. The third kappa shape index (κ3) is 3.60. The number of phenolic OH excluding ortho intramolecular Hbond substituents is 1. The van der Waals surface area contributed by atoms with Crippen molar-refractivity contribution in [2.24, 2.45) is 0 Å². The van der Waals surface area contributed by atoms with Crippen LogP contribution in [0.15, 0.2) is 36.7 Å². The molecule has 0 bridgehead atoms. The Bertz CT molecular complexity index is 488. The highest BCUT2D eigenvalue weighted by atomic mass is 16.3. The molecule has 2 rings (SSSR count). The molecule has 0 saturated heterocycles. The summed E-state index contributed by atoms with van der Waals surface area (Å²) < 4.78 is 1.91. The molecular formula is C14H19N3O. The predicted molar refractivity (Wildman–Crippen MR) is 71.4 cm³/mol. The zero-order valence-electron chi connectivity index (χ0n) is 10.8. The van der Waals surface area contributed by atoms with Crippen molar-refractivity contribution in [3.63, 3.8) is 0 Å². The number of rotatable bonds is 5. The number of phenols is 1. The van der Waals surface area contributed by atoms with Gasteiger partial charge in [-0.05, 0) is 17.7 Å². The average molecular weight is 245 g/mol. The molecule has 18 heavy (non-hydrogen) atoms. The third-order valence-corrected chi connectivity index (χ3v) is 2.68. The highest BCUT2D eigenvalue weighted by Gasteiger charge is 2.01. The Kier molecular flexibility index (Phi) is 3.99. The van der Waals surface area contributed by atoms with Gasteiger partial charge in [-0.3, -0.25) is 4.68 Å². The van der Waals surface area contributed by atoms with Gasteiger partial charge in [-0.2, -0.15) is 5.10 Å². The van der Waals surface area contributed by atoms with Crippen molar-refractivity contribution >= 4 is 0 Å². The van der Waals surface area contributed by atoms with E-state index in [0.29, 0.717) is 11.8 Å². The van der Waals surface area contributed by atoms with E-state index in [1.54, 1.807) is 12.1 Å². The van der Waals surface area contributed by atoms with E-state index in [1.165, 1.54) is 5.56 Å². The molecule has 4 heteroatoms. The van der Waals surface area contributed by atoms with E-state index in [-0.39, 0.29) is 0 Å². The normalized spacial score (nSPS) is 11.1. The summed E-state index contributed by atoms with van der Waals surface area (Å²) in [7, 11) is 0. The van der Waals surface area contributed by atoms with Gasteiger partial charge in [-0.1, -0.05) is 26.0 Å². The van der Waals surface area contributed by atoms with Crippen molar-refractivity contribution in [1.82, 2.24) is 15.1 Å².